The van der Waals surface area contributed by atoms with E-state index in [4.69, 9.17) is 14.2 Å². The molecule has 0 N–H and O–H groups in total. The number of carbonyl (C=O) groups is 2. The summed E-state index contributed by atoms with van der Waals surface area (Å²) in [5, 5.41) is 0. The van der Waals surface area contributed by atoms with E-state index < -0.39 is 6.10 Å². The van der Waals surface area contributed by atoms with Crippen molar-refractivity contribution in [2.75, 3.05) is 19.8 Å². The molecule has 0 bridgehead atoms. The van der Waals surface area contributed by atoms with E-state index in [2.05, 4.69) is 6.58 Å². The van der Waals surface area contributed by atoms with Crippen molar-refractivity contribution in [3.8, 4) is 0 Å². The Morgan fingerprint density at radius 3 is 2.32 bits per heavy atom. The van der Waals surface area contributed by atoms with Crippen LogP contribution < -0.4 is 0 Å². The topological polar surface area (TPSA) is 61.8 Å². The van der Waals surface area contributed by atoms with Gasteiger partial charge in [0.15, 0.2) is 0 Å². The second-order valence-electron chi connectivity index (χ2n) is 4.04. The lowest BCUT2D eigenvalue weighted by Gasteiger charge is -2.17. The third-order valence-corrected chi connectivity index (χ3v) is 2.31. The first-order valence-corrected chi connectivity index (χ1v) is 6.67. The minimum Gasteiger partial charge on any atom is -0.463 e. The minimum atomic E-state index is -0.413. The van der Waals surface area contributed by atoms with Crippen LogP contribution in [0, 0.1) is 0 Å². The summed E-state index contributed by atoms with van der Waals surface area (Å²) < 4.78 is 15.4. The van der Waals surface area contributed by atoms with Gasteiger partial charge in [-0.25, -0.2) is 0 Å². The second kappa shape index (κ2) is 11.7. The molecule has 0 spiro atoms. The van der Waals surface area contributed by atoms with Crippen molar-refractivity contribution in [3.63, 3.8) is 0 Å². The van der Waals surface area contributed by atoms with E-state index in [1.54, 1.807) is 0 Å². The van der Waals surface area contributed by atoms with Crippen molar-refractivity contribution in [3.05, 3.63) is 12.7 Å². The van der Waals surface area contributed by atoms with Gasteiger partial charge < -0.3 is 14.2 Å². The van der Waals surface area contributed by atoms with E-state index in [0.717, 1.165) is 12.8 Å². The Hall–Kier alpha value is -1.36. The van der Waals surface area contributed by atoms with Crippen molar-refractivity contribution < 1.29 is 23.8 Å². The van der Waals surface area contributed by atoms with Crippen molar-refractivity contribution >= 4 is 11.9 Å². The molecular weight excluding hydrogens is 248 g/mol. The average Bonchev–Trinajstić information content (AvgIpc) is 2.39. The monoisotopic (exact) mass is 272 g/mol. The van der Waals surface area contributed by atoms with Gasteiger partial charge in [0.05, 0.1) is 6.42 Å². The van der Waals surface area contributed by atoms with E-state index >= 15 is 0 Å². The lowest BCUT2D eigenvalue weighted by molar-refractivity contribution is -0.154. The third-order valence-electron chi connectivity index (χ3n) is 2.31. The fraction of sp³-hybridized carbons (Fsp3) is 0.714. The maximum absolute atomic E-state index is 11.4. The van der Waals surface area contributed by atoms with Crippen LogP contribution in [0.5, 0.6) is 0 Å². The van der Waals surface area contributed by atoms with Gasteiger partial charge >= 0.3 is 11.9 Å². The van der Waals surface area contributed by atoms with Gasteiger partial charge in [0.2, 0.25) is 0 Å². The number of esters is 2. The summed E-state index contributed by atoms with van der Waals surface area (Å²) in [6, 6.07) is 0. The zero-order chi connectivity index (χ0) is 14.5. The van der Waals surface area contributed by atoms with E-state index in [1.165, 1.54) is 6.08 Å². The number of rotatable bonds is 11. The first-order valence-electron chi connectivity index (χ1n) is 6.67. The Kier molecular flexibility index (Phi) is 10.9. The lowest BCUT2D eigenvalue weighted by Crippen LogP contribution is -2.28. The summed E-state index contributed by atoms with van der Waals surface area (Å²) in [6.45, 7) is 7.95. The maximum Gasteiger partial charge on any atom is 0.309 e. The molecule has 0 radical (unpaired) electrons. The van der Waals surface area contributed by atoms with E-state index in [1.807, 2.05) is 13.8 Å². The molecule has 0 aliphatic carbocycles. The zero-order valence-electron chi connectivity index (χ0n) is 11.9. The molecule has 5 heteroatoms. The molecule has 0 heterocycles. The summed E-state index contributed by atoms with van der Waals surface area (Å²) in [7, 11) is 0. The van der Waals surface area contributed by atoms with Crippen LogP contribution in [0.25, 0.3) is 0 Å². The normalized spacial score (nSPS) is 11.7. The Morgan fingerprint density at radius 2 is 1.79 bits per heavy atom. The largest absolute Gasteiger partial charge is 0.463 e. The highest BCUT2D eigenvalue weighted by Crippen LogP contribution is 2.01. The Balaban J connectivity index is 3.93. The summed E-state index contributed by atoms with van der Waals surface area (Å²) in [6.07, 6.45) is 3.39. The van der Waals surface area contributed by atoms with Crippen LogP contribution in [0.15, 0.2) is 12.7 Å². The first-order chi connectivity index (χ1) is 9.13. The molecular formula is C14H24O5. The van der Waals surface area contributed by atoms with Gasteiger partial charge in [-0.1, -0.05) is 19.4 Å². The lowest BCUT2D eigenvalue weighted by atomic mass is 10.2. The average molecular weight is 272 g/mol. The van der Waals surface area contributed by atoms with Gasteiger partial charge in [-0.05, 0) is 13.3 Å². The third kappa shape index (κ3) is 10.3. The number of hydrogen-bond acceptors (Lipinski definition) is 5. The van der Waals surface area contributed by atoms with Gasteiger partial charge in [-0.2, -0.15) is 0 Å². The Labute approximate surface area is 114 Å². The number of hydrogen-bond donors (Lipinski definition) is 0. The molecule has 0 fully saturated rings. The first kappa shape index (κ1) is 17.6. The summed E-state index contributed by atoms with van der Waals surface area (Å²) in [5.41, 5.74) is 0. The SMILES string of the molecule is C=CCC(=O)OCC(COC(=O)CCCC)OCC. The molecule has 0 aliphatic rings. The second-order valence-corrected chi connectivity index (χ2v) is 4.04. The van der Waals surface area contributed by atoms with E-state index in [0.29, 0.717) is 13.0 Å². The highest BCUT2D eigenvalue weighted by Gasteiger charge is 2.14. The molecule has 110 valence electrons. The number of unbranched alkanes of at least 4 members (excludes halogenated alkanes) is 1. The molecule has 0 saturated carbocycles. The summed E-state index contributed by atoms with van der Waals surface area (Å²) in [5.74, 6) is -0.610. The van der Waals surface area contributed by atoms with Gasteiger partial charge in [0.25, 0.3) is 0 Å². The van der Waals surface area contributed by atoms with Crippen LogP contribution in [0.1, 0.15) is 39.5 Å². The van der Waals surface area contributed by atoms with E-state index in [-0.39, 0.29) is 31.6 Å². The quantitative estimate of drug-likeness (QED) is 0.426. The Morgan fingerprint density at radius 1 is 1.16 bits per heavy atom. The molecule has 0 rings (SSSR count). The number of ether oxygens (including phenoxy) is 3. The van der Waals surface area contributed by atoms with E-state index in [9.17, 15) is 9.59 Å². The smallest absolute Gasteiger partial charge is 0.309 e. The zero-order valence-corrected chi connectivity index (χ0v) is 11.9. The van der Waals surface area contributed by atoms with Crippen LogP contribution in [-0.2, 0) is 23.8 Å². The molecule has 0 saturated heterocycles. The molecule has 1 unspecified atom stereocenters. The van der Waals surface area contributed by atoms with Crippen molar-refractivity contribution in [2.45, 2.75) is 45.6 Å². The summed E-state index contributed by atoms with van der Waals surface area (Å²) in [4.78, 5) is 22.5. The van der Waals surface area contributed by atoms with Crippen LogP contribution in [-0.4, -0.2) is 37.9 Å². The van der Waals surface area contributed by atoms with Gasteiger partial charge in [0.1, 0.15) is 19.3 Å². The molecule has 19 heavy (non-hydrogen) atoms. The molecule has 0 aliphatic heterocycles. The summed E-state index contributed by atoms with van der Waals surface area (Å²) >= 11 is 0. The van der Waals surface area contributed by atoms with Crippen LogP contribution in [0.2, 0.25) is 0 Å². The highest BCUT2D eigenvalue weighted by atomic mass is 16.6. The molecule has 1 atom stereocenters. The number of carbonyl (C=O) groups excluding carboxylic acids is 2. The molecule has 5 nitrogen and oxygen atoms in total. The predicted octanol–water partition coefficient (Wildman–Crippen LogP) is 2.24. The fourth-order valence-corrected chi connectivity index (χ4v) is 1.32. The van der Waals surface area contributed by atoms with Crippen molar-refractivity contribution in [1.29, 1.82) is 0 Å². The highest BCUT2D eigenvalue weighted by molar-refractivity contribution is 5.71. The van der Waals surface area contributed by atoms with Gasteiger partial charge in [-0.3, -0.25) is 9.59 Å². The van der Waals surface area contributed by atoms with Crippen LogP contribution in [0.3, 0.4) is 0 Å². The van der Waals surface area contributed by atoms with Gasteiger partial charge in [-0.15, -0.1) is 6.58 Å². The fourth-order valence-electron chi connectivity index (χ4n) is 1.32. The van der Waals surface area contributed by atoms with Gasteiger partial charge in [0, 0.05) is 13.0 Å². The molecule has 0 aromatic rings. The van der Waals surface area contributed by atoms with Crippen molar-refractivity contribution in [2.24, 2.45) is 0 Å². The predicted molar refractivity (Wildman–Crippen MR) is 71.7 cm³/mol. The van der Waals surface area contributed by atoms with Crippen LogP contribution in [0.4, 0.5) is 0 Å². The standard InChI is InChI=1S/C14H24O5/c1-4-7-9-14(16)19-11-12(17-6-3)10-18-13(15)8-5-2/h5,12H,2,4,6-11H2,1,3H3. The molecule has 0 aromatic heterocycles. The maximum atomic E-state index is 11.4. The Bertz CT molecular complexity index is 275. The molecule has 0 amide bonds. The van der Waals surface area contributed by atoms with Crippen molar-refractivity contribution in [1.82, 2.24) is 0 Å². The van der Waals surface area contributed by atoms with Crippen LogP contribution >= 0.6 is 0 Å². The molecule has 0 aromatic carbocycles. The minimum absolute atomic E-state index is 0.0849.